The van der Waals surface area contributed by atoms with Crippen LogP contribution >= 0.6 is 0 Å². The molecule has 0 aliphatic heterocycles. The molecule has 1 amide bonds. The molecule has 0 bridgehead atoms. The zero-order valence-corrected chi connectivity index (χ0v) is 10.4. The molecule has 1 rings (SSSR count). The molecule has 4 heteroatoms. The van der Waals surface area contributed by atoms with E-state index in [9.17, 15) is 4.79 Å². The minimum atomic E-state index is -0.170. The van der Waals surface area contributed by atoms with E-state index in [1.807, 2.05) is 6.07 Å². The van der Waals surface area contributed by atoms with Crippen molar-refractivity contribution in [1.29, 1.82) is 0 Å². The summed E-state index contributed by atoms with van der Waals surface area (Å²) in [6.07, 6.45) is 3.37. The highest BCUT2D eigenvalue weighted by molar-refractivity contribution is 5.92. The summed E-state index contributed by atoms with van der Waals surface area (Å²) in [4.78, 5) is 17.9. The minimum absolute atomic E-state index is 0.170. The van der Waals surface area contributed by atoms with Gasteiger partial charge < -0.3 is 10.2 Å². The number of anilines is 1. The summed E-state index contributed by atoms with van der Waals surface area (Å²) >= 11 is 0. The fourth-order valence-corrected chi connectivity index (χ4v) is 1.55. The molecule has 0 aromatic carbocycles. The van der Waals surface area contributed by atoms with E-state index in [0.29, 0.717) is 12.2 Å². The van der Waals surface area contributed by atoms with Gasteiger partial charge in [0.25, 0.3) is 5.91 Å². The first-order chi connectivity index (χ1) is 8.22. The Hall–Kier alpha value is -1.84. The average Bonchev–Trinajstić information content (AvgIpc) is 2.38. The van der Waals surface area contributed by atoms with Crippen LogP contribution in [0.2, 0.25) is 0 Å². The molecule has 1 heterocycles. The summed E-state index contributed by atoms with van der Waals surface area (Å²) in [7, 11) is 0. The van der Waals surface area contributed by atoms with Crippen LogP contribution in [0.25, 0.3) is 0 Å². The van der Waals surface area contributed by atoms with Crippen LogP contribution in [-0.4, -0.2) is 30.5 Å². The normalized spacial score (nSPS) is 9.76. The lowest BCUT2D eigenvalue weighted by molar-refractivity contribution is 0.0953. The van der Waals surface area contributed by atoms with Crippen LogP contribution in [0.3, 0.4) is 0 Å². The molecule has 0 saturated carbocycles. The number of nitrogens with zero attached hydrogens (tertiary/aromatic N) is 2. The number of rotatable bonds is 6. The zero-order valence-electron chi connectivity index (χ0n) is 10.4. The van der Waals surface area contributed by atoms with Crippen LogP contribution in [0.1, 0.15) is 24.3 Å². The predicted octanol–water partition coefficient (Wildman–Crippen LogP) is 1.84. The molecule has 0 spiro atoms. The molecule has 0 unspecified atom stereocenters. The minimum Gasteiger partial charge on any atom is -0.371 e. The van der Waals surface area contributed by atoms with Crippen LogP contribution in [0.4, 0.5) is 5.69 Å². The van der Waals surface area contributed by atoms with E-state index in [4.69, 9.17) is 0 Å². The molecule has 0 saturated heterocycles. The van der Waals surface area contributed by atoms with Crippen molar-refractivity contribution in [3.63, 3.8) is 0 Å². The van der Waals surface area contributed by atoms with E-state index >= 15 is 0 Å². The molecule has 0 aliphatic carbocycles. The van der Waals surface area contributed by atoms with Gasteiger partial charge in [-0.05, 0) is 26.0 Å². The second-order valence-corrected chi connectivity index (χ2v) is 3.57. The van der Waals surface area contributed by atoms with E-state index in [-0.39, 0.29) is 5.91 Å². The summed E-state index contributed by atoms with van der Waals surface area (Å²) < 4.78 is 0. The monoisotopic (exact) mass is 233 g/mol. The van der Waals surface area contributed by atoms with Gasteiger partial charge in [0, 0.05) is 19.6 Å². The summed E-state index contributed by atoms with van der Waals surface area (Å²) in [5, 5.41) is 2.69. The maximum absolute atomic E-state index is 11.6. The smallest absolute Gasteiger partial charge is 0.270 e. The Bertz CT molecular complexity index is 369. The first-order valence-electron chi connectivity index (χ1n) is 5.83. The largest absolute Gasteiger partial charge is 0.371 e. The third-order valence-electron chi connectivity index (χ3n) is 2.52. The number of amides is 1. The van der Waals surface area contributed by atoms with Gasteiger partial charge >= 0.3 is 0 Å². The molecule has 17 heavy (non-hydrogen) atoms. The van der Waals surface area contributed by atoms with Crippen molar-refractivity contribution in [1.82, 2.24) is 10.3 Å². The lowest BCUT2D eigenvalue weighted by atomic mass is 10.3. The summed E-state index contributed by atoms with van der Waals surface area (Å²) in [5.41, 5.74) is 1.47. The van der Waals surface area contributed by atoms with Crippen LogP contribution in [0.15, 0.2) is 31.0 Å². The highest BCUT2D eigenvalue weighted by atomic mass is 16.1. The molecule has 0 aliphatic rings. The third kappa shape index (κ3) is 3.59. The molecular formula is C13H19N3O. The Kier molecular flexibility index (Phi) is 5.20. The third-order valence-corrected chi connectivity index (χ3v) is 2.52. The fraction of sp³-hybridized carbons (Fsp3) is 0.385. The number of hydrogen-bond acceptors (Lipinski definition) is 3. The summed E-state index contributed by atoms with van der Waals surface area (Å²) in [6, 6.07) is 3.66. The van der Waals surface area contributed by atoms with E-state index in [1.165, 1.54) is 0 Å². The SMILES string of the molecule is C=CCNC(=O)c1ccc(N(CC)CC)cn1. The standard InChI is InChI=1S/C13H19N3O/c1-4-9-14-13(17)12-8-7-11(10-15-12)16(5-2)6-3/h4,7-8,10H,1,5-6,9H2,2-3H3,(H,14,17). The topological polar surface area (TPSA) is 45.2 Å². The molecule has 4 nitrogen and oxygen atoms in total. The van der Waals surface area contributed by atoms with Gasteiger partial charge in [0.1, 0.15) is 5.69 Å². The highest BCUT2D eigenvalue weighted by Crippen LogP contribution is 2.12. The van der Waals surface area contributed by atoms with Gasteiger partial charge in [0.05, 0.1) is 11.9 Å². The Morgan fingerprint density at radius 3 is 2.65 bits per heavy atom. The van der Waals surface area contributed by atoms with Crippen molar-refractivity contribution in [2.75, 3.05) is 24.5 Å². The summed E-state index contributed by atoms with van der Waals surface area (Å²) in [6.45, 7) is 10.0. The van der Waals surface area contributed by atoms with Gasteiger partial charge in [0.2, 0.25) is 0 Å². The molecule has 0 radical (unpaired) electrons. The van der Waals surface area contributed by atoms with Crippen LogP contribution < -0.4 is 10.2 Å². The predicted molar refractivity (Wildman–Crippen MR) is 70.3 cm³/mol. The van der Waals surface area contributed by atoms with E-state index < -0.39 is 0 Å². The van der Waals surface area contributed by atoms with Crippen molar-refractivity contribution in [2.24, 2.45) is 0 Å². The van der Waals surface area contributed by atoms with Crippen molar-refractivity contribution in [3.05, 3.63) is 36.7 Å². The van der Waals surface area contributed by atoms with Gasteiger partial charge in [0.15, 0.2) is 0 Å². The van der Waals surface area contributed by atoms with Crippen LogP contribution in [-0.2, 0) is 0 Å². The number of nitrogens with one attached hydrogen (secondary N) is 1. The Morgan fingerprint density at radius 2 is 2.18 bits per heavy atom. The second-order valence-electron chi connectivity index (χ2n) is 3.57. The van der Waals surface area contributed by atoms with E-state index in [1.54, 1.807) is 18.3 Å². The first kappa shape index (κ1) is 13.2. The number of aromatic nitrogens is 1. The first-order valence-corrected chi connectivity index (χ1v) is 5.83. The lowest BCUT2D eigenvalue weighted by Gasteiger charge is -2.20. The number of carbonyl (C=O) groups is 1. The molecule has 92 valence electrons. The van der Waals surface area contributed by atoms with Crippen LogP contribution in [0.5, 0.6) is 0 Å². The Balaban J connectivity index is 2.73. The zero-order chi connectivity index (χ0) is 12.7. The number of hydrogen-bond donors (Lipinski definition) is 1. The molecule has 0 fully saturated rings. The maximum atomic E-state index is 11.6. The number of carbonyl (C=O) groups excluding carboxylic acids is 1. The van der Waals surface area contributed by atoms with Gasteiger partial charge in [-0.2, -0.15) is 0 Å². The van der Waals surface area contributed by atoms with Gasteiger partial charge in [-0.15, -0.1) is 6.58 Å². The maximum Gasteiger partial charge on any atom is 0.270 e. The Morgan fingerprint density at radius 1 is 1.47 bits per heavy atom. The van der Waals surface area contributed by atoms with E-state index in [2.05, 4.69) is 35.6 Å². The molecule has 1 aromatic rings. The summed E-state index contributed by atoms with van der Waals surface area (Å²) in [5.74, 6) is -0.170. The van der Waals surface area contributed by atoms with Gasteiger partial charge in [-0.25, -0.2) is 4.98 Å². The molecule has 0 atom stereocenters. The lowest BCUT2D eigenvalue weighted by Crippen LogP contribution is -2.25. The number of pyridine rings is 1. The van der Waals surface area contributed by atoms with Crippen LogP contribution in [0, 0.1) is 0 Å². The molecular weight excluding hydrogens is 214 g/mol. The van der Waals surface area contributed by atoms with Crippen molar-refractivity contribution >= 4 is 11.6 Å². The molecule has 1 aromatic heterocycles. The van der Waals surface area contributed by atoms with Crippen molar-refractivity contribution < 1.29 is 4.79 Å². The highest BCUT2D eigenvalue weighted by Gasteiger charge is 2.07. The van der Waals surface area contributed by atoms with E-state index in [0.717, 1.165) is 18.8 Å². The van der Waals surface area contributed by atoms with Crippen molar-refractivity contribution in [2.45, 2.75) is 13.8 Å². The fourth-order valence-electron chi connectivity index (χ4n) is 1.55. The van der Waals surface area contributed by atoms with Gasteiger partial charge in [-0.1, -0.05) is 6.08 Å². The quantitative estimate of drug-likeness (QED) is 0.763. The molecule has 1 N–H and O–H groups in total. The second kappa shape index (κ2) is 6.68. The Labute approximate surface area is 102 Å². The van der Waals surface area contributed by atoms with Gasteiger partial charge in [-0.3, -0.25) is 4.79 Å². The average molecular weight is 233 g/mol. The van der Waals surface area contributed by atoms with Crippen molar-refractivity contribution in [3.8, 4) is 0 Å².